The normalized spacial score (nSPS) is 23.9. The van der Waals surface area contributed by atoms with Crippen LogP contribution in [-0.4, -0.2) is 31.2 Å². The molecule has 5 heteroatoms. The summed E-state index contributed by atoms with van der Waals surface area (Å²) in [6.45, 7) is 4.66. The fraction of sp³-hybridized carbons (Fsp3) is 0.562. The Morgan fingerprint density at radius 2 is 2.14 bits per heavy atom. The van der Waals surface area contributed by atoms with Crippen molar-refractivity contribution in [2.45, 2.75) is 38.3 Å². The Morgan fingerprint density at radius 1 is 1.33 bits per heavy atom. The van der Waals surface area contributed by atoms with Crippen molar-refractivity contribution in [3.63, 3.8) is 0 Å². The summed E-state index contributed by atoms with van der Waals surface area (Å²) in [5, 5.41) is 6.39. The first-order chi connectivity index (χ1) is 10.2. The van der Waals surface area contributed by atoms with Crippen molar-refractivity contribution in [3.05, 3.63) is 23.8 Å². The molecular formula is C16H22N2O3. The molecule has 0 bridgehead atoms. The SMILES string of the molecule is CCC1(C(=O)NCc2ccc3c(c2)OCCO3)CCCN1. The molecule has 0 spiro atoms. The number of benzene rings is 1. The highest BCUT2D eigenvalue weighted by molar-refractivity contribution is 5.86. The molecule has 5 nitrogen and oxygen atoms in total. The molecule has 2 N–H and O–H groups in total. The molecule has 2 heterocycles. The van der Waals surface area contributed by atoms with Crippen molar-refractivity contribution in [1.29, 1.82) is 0 Å². The van der Waals surface area contributed by atoms with E-state index in [1.807, 2.05) is 18.2 Å². The number of carbonyl (C=O) groups excluding carboxylic acids is 1. The van der Waals surface area contributed by atoms with Gasteiger partial charge in [-0.05, 0) is 43.5 Å². The zero-order valence-corrected chi connectivity index (χ0v) is 12.4. The molecule has 1 saturated heterocycles. The van der Waals surface area contributed by atoms with Crippen molar-refractivity contribution in [1.82, 2.24) is 10.6 Å². The van der Waals surface area contributed by atoms with E-state index in [4.69, 9.17) is 9.47 Å². The first-order valence-electron chi connectivity index (χ1n) is 7.65. The first kappa shape index (κ1) is 14.2. The van der Waals surface area contributed by atoms with Gasteiger partial charge in [0.1, 0.15) is 13.2 Å². The Morgan fingerprint density at radius 3 is 2.86 bits per heavy atom. The summed E-state index contributed by atoms with van der Waals surface area (Å²) in [6, 6.07) is 5.81. The van der Waals surface area contributed by atoms with E-state index in [9.17, 15) is 4.79 Å². The summed E-state index contributed by atoms with van der Waals surface area (Å²) in [5.41, 5.74) is 0.644. The summed E-state index contributed by atoms with van der Waals surface area (Å²) in [5.74, 6) is 1.63. The Kier molecular flexibility index (Phi) is 4.01. The Labute approximate surface area is 125 Å². The average molecular weight is 290 g/mol. The average Bonchev–Trinajstić information content (AvgIpc) is 3.02. The third-order valence-electron chi connectivity index (χ3n) is 4.34. The predicted molar refractivity (Wildman–Crippen MR) is 79.5 cm³/mol. The molecule has 1 aromatic rings. The van der Waals surface area contributed by atoms with Crippen molar-refractivity contribution in [2.75, 3.05) is 19.8 Å². The topological polar surface area (TPSA) is 59.6 Å². The second-order valence-corrected chi connectivity index (χ2v) is 5.63. The summed E-state index contributed by atoms with van der Waals surface area (Å²) < 4.78 is 11.1. The highest BCUT2D eigenvalue weighted by Gasteiger charge is 2.38. The smallest absolute Gasteiger partial charge is 0.240 e. The number of fused-ring (bicyclic) bond motifs is 1. The fourth-order valence-corrected chi connectivity index (χ4v) is 3.01. The molecule has 2 aliphatic rings. The van der Waals surface area contributed by atoms with Crippen LogP contribution in [0.4, 0.5) is 0 Å². The highest BCUT2D eigenvalue weighted by Crippen LogP contribution is 2.30. The lowest BCUT2D eigenvalue weighted by molar-refractivity contribution is -0.127. The number of hydrogen-bond acceptors (Lipinski definition) is 4. The van der Waals surface area contributed by atoms with Gasteiger partial charge in [0.05, 0.1) is 5.54 Å². The van der Waals surface area contributed by atoms with Gasteiger partial charge in [0, 0.05) is 6.54 Å². The van der Waals surface area contributed by atoms with E-state index in [1.165, 1.54) is 0 Å². The molecule has 3 rings (SSSR count). The summed E-state index contributed by atoms with van der Waals surface area (Å²) in [4.78, 5) is 12.4. The summed E-state index contributed by atoms with van der Waals surface area (Å²) >= 11 is 0. The van der Waals surface area contributed by atoms with E-state index in [1.54, 1.807) is 0 Å². The van der Waals surface area contributed by atoms with Crippen LogP contribution in [0.3, 0.4) is 0 Å². The molecule has 0 radical (unpaired) electrons. The maximum atomic E-state index is 12.4. The van der Waals surface area contributed by atoms with E-state index >= 15 is 0 Å². The molecule has 1 fully saturated rings. The predicted octanol–water partition coefficient (Wildman–Crippen LogP) is 1.61. The molecule has 1 aromatic carbocycles. The second-order valence-electron chi connectivity index (χ2n) is 5.63. The maximum absolute atomic E-state index is 12.4. The van der Waals surface area contributed by atoms with E-state index < -0.39 is 0 Å². The van der Waals surface area contributed by atoms with Gasteiger partial charge in [0.15, 0.2) is 11.5 Å². The van der Waals surface area contributed by atoms with Gasteiger partial charge >= 0.3 is 0 Å². The van der Waals surface area contributed by atoms with Gasteiger partial charge in [-0.15, -0.1) is 0 Å². The van der Waals surface area contributed by atoms with Crippen LogP contribution in [0.5, 0.6) is 11.5 Å². The van der Waals surface area contributed by atoms with E-state index in [-0.39, 0.29) is 11.4 Å². The third-order valence-corrected chi connectivity index (χ3v) is 4.34. The lowest BCUT2D eigenvalue weighted by Gasteiger charge is -2.26. The van der Waals surface area contributed by atoms with Crippen molar-refractivity contribution in [2.24, 2.45) is 0 Å². The molecule has 1 atom stereocenters. The lowest BCUT2D eigenvalue weighted by atomic mass is 9.93. The number of nitrogens with one attached hydrogen (secondary N) is 2. The first-order valence-corrected chi connectivity index (χ1v) is 7.65. The quantitative estimate of drug-likeness (QED) is 0.884. The minimum absolute atomic E-state index is 0.0948. The summed E-state index contributed by atoms with van der Waals surface area (Å²) in [6.07, 6.45) is 2.79. The zero-order valence-electron chi connectivity index (χ0n) is 12.4. The standard InChI is InChI=1S/C16H22N2O3/c1-2-16(6-3-7-18-16)15(19)17-11-12-4-5-13-14(10-12)21-9-8-20-13/h4-5,10,18H,2-3,6-9,11H2,1H3,(H,17,19). The Balaban J connectivity index is 1.63. The lowest BCUT2D eigenvalue weighted by Crippen LogP contribution is -2.52. The van der Waals surface area contributed by atoms with E-state index in [0.717, 1.165) is 42.9 Å². The third kappa shape index (κ3) is 2.83. The van der Waals surface area contributed by atoms with Crippen molar-refractivity contribution < 1.29 is 14.3 Å². The van der Waals surface area contributed by atoms with Crippen LogP contribution in [0.2, 0.25) is 0 Å². The summed E-state index contributed by atoms with van der Waals surface area (Å²) in [7, 11) is 0. The molecule has 114 valence electrons. The fourth-order valence-electron chi connectivity index (χ4n) is 3.01. The Hall–Kier alpha value is -1.75. The van der Waals surface area contributed by atoms with Crippen LogP contribution in [0.15, 0.2) is 18.2 Å². The maximum Gasteiger partial charge on any atom is 0.240 e. The zero-order chi connectivity index (χ0) is 14.7. The van der Waals surface area contributed by atoms with Crippen LogP contribution >= 0.6 is 0 Å². The molecule has 1 amide bonds. The molecule has 1 unspecified atom stereocenters. The minimum atomic E-state index is -0.381. The van der Waals surface area contributed by atoms with Gasteiger partial charge in [-0.25, -0.2) is 0 Å². The van der Waals surface area contributed by atoms with Gasteiger partial charge < -0.3 is 20.1 Å². The molecule has 2 aliphatic heterocycles. The van der Waals surface area contributed by atoms with Crippen LogP contribution in [0, 0.1) is 0 Å². The van der Waals surface area contributed by atoms with Crippen LogP contribution in [-0.2, 0) is 11.3 Å². The number of amides is 1. The Bertz CT molecular complexity index is 524. The van der Waals surface area contributed by atoms with Crippen LogP contribution in [0.25, 0.3) is 0 Å². The number of hydrogen-bond donors (Lipinski definition) is 2. The van der Waals surface area contributed by atoms with Crippen molar-refractivity contribution >= 4 is 5.91 Å². The van der Waals surface area contributed by atoms with Crippen LogP contribution in [0.1, 0.15) is 31.7 Å². The van der Waals surface area contributed by atoms with Gasteiger partial charge in [-0.3, -0.25) is 4.79 Å². The minimum Gasteiger partial charge on any atom is -0.486 e. The second kappa shape index (κ2) is 5.93. The molecular weight excluding hydrogens is 268 g/mol. The van der Waals surface area contributed by atoms with Gasteiger partial charge in [0.25, 0.3) is 0 Å². The number of carbonyl (C=O) groups is 1. The number of ether oxygens (including phenoxy) is 2. The van der Waals surface area contributed by atoms with Crippen LogP contribution < -0.4 is 20.1 Å². The monoisotopic (exact) mass is 290 g/mol. The number of rotatable bonds is 4. The highest BCUT2D eigenvalue weighted by atomic mass is 16.6. The molecule has 0 aliphatic carbocycles. The molecule has 21 heavy (non-hydrogen) atoms. The molecule has 0 saturated carbocycles. The molecule has 0 aromatic heterocycles. The van der Waals surface area contributed by atoms with Gasteiger partial charge in [-0.2, -0.15) is 0 Å². The van der Waals surface area contributed by atoms with E-state index in [0.29, 0.717) is 19.8 Å². The van der Waals surface area contributed by atoms with Gasteiger partial charge in [-0.1, -0.05) is 13.0 Å². The van der Waals surface area contributed by atoms with E-state index in [2.05, 4.69) is 17.6 Å². The largest absolute Gasteiger partial charge is 0.486 e. The van der Waals surface area contributed by atoms with Gasteiger partial charge in [0.2, 0.25) is 5.91 Å². The van der Waals surface area contributed by atoms with Crippen molar-refractivity contribution in [3.8, 4) is 11.5 Å².